The predicted molar refractivity (Wildman–Crippen MR) is 60.7 cm³/mol. The first-order valence-electron chi connectivity index (χ1n) is 5.51. The van der Waals surface area contributed by atoms with Crippen LogP contribution in [0.25, 0.3) is 0 Å². The second-order valence-corrected chi connectivity index (χ2v) is 4.15. The van der Waals surface area contributed by atoms with Crippen LogP contribution < -0.4 is 4.74 Å². The topological polar surface area (TPSA) is 35.5 Å². The van der Waals surface area contributed by atoms with Gasteiger partial charge in [-0.15, -0.1) is 0 Å². The van der Waals surface area contributed by atoms with Crippen molar-refractivity contribution >= 4 is 5.97 Å². The second-order valence-electron chi connectivity index (χ2n) is 4.15. The molecule has 0 radical (unpaired) electrons. The van der Waals surface area contributed by atoms with E-state index >= 15 is 0 Å². The van der Waals surface area contributed by atoms with Gasteiger partial charge in [0.25, 0.3) is 0 Å². The molecule has 16 heavy (non-hydrogen) atoms. The Bertz CT molecular complexity index is 388. The summed E-state index contributed by atoms with van der Waals surface area (Å²) in [6, 6.07) is 6.17. The number of benzene rings is 1. The Morgan fingerprint density at radius 1 is 1.44 bits per heavy atom. The van der Waals surface area contributed by atoms with Crippen molar-refractivity contribution in [2.75, 3.05) is 13.7 Å². The maximum absolute atomic E-state index is 11.0. The first kappa shape index (κ1) is 11.0. The Kier molecular flexibility index (Phi) is 3.13. The molecule has 3 heteroatoms. The summed E-state index contributed by atoms with van der Waals surface area (Å²) in [4.78, 5) is 11.0. The van der Waals surface area contributed by atoms with Crippen molar-refractivity contribution < 1.29 is 14.3 Å². The van der Waals surface area contributed by atoms with Crippen LogP contribution in [0.3, 0.4) is 0 Å². The third kappa shape index (κ3) is 2.18. The van der Waals surface area contributed by atoms with Crippen LogP contribution in [0.15, 0.2) is 18.2 Å². The van der Waals surface area contributed by atoms with Gasteiger partial charge in [0.05, 0.1) is 13.7 Å². The van der Waals surface area contributed by atoms with Crippen LogP contribution in [0, 0.1) is 6.92 Å². The van der Waals surface area contributed by atoms with Crippen molar-refractivity contribution in [3.05, 3.63) is 29.3 Å². The van der Waals surface area contributed by atoms with E-state index in [1.165, 1.54) is 5.56 Å². The lowest BCUT2D eigenvalue weighted by Gasteiger charge is -2.22. The number of carbonyl (C=O) groups is 1. The minimum absolute atomic E-state index is 0.0877. The highest BCUT2D eigenvalue weighted by Crippen LogP contribution is 2.29. The molecule has 0 bridgehead atoms. The number of carbonyl (C=O) groups excluding carboxylic acids is 1. The average Bonchev–Trinajstić information content (AvgIpc) is 2.31. The van der Waals surface area contributed by atoms with Crippen molar-refractivity contribution in [3.8, 4) is 5.75 Å². The van der Waals surface area contributed by atoms with Crippen LogP contribution in [0.1, 0.15) is 29.9 Å². The summed E-state index contributed by atoms with van der Waals surface area (Å²) in [6.07, 6.45) is 1.38. The van der Waals surface area contributed by atoms with Crippen LogP contribution in [0.2, 0.25) is 0 Å². The third-order valence-electron chi connectivity index (χ3n) is 3.05. The fourth-order valence-corrected chi connectivity index (χ4v) is 1.99. The molecule has 0 saturated carbocycles. The summed E-state index contributed by atoms with van der Waals surface area (Å²) in [5.41, 5.74) is 2.31. The summed E-state index contributed by atoms with van der Waals surface area (Å²) in [5, 5.41) is 0. The van der Waals surface area contributed by atoms with Gasteiger partial charge in [-0.3, -0.25) is 4.79 Å². The largest absolute Gasteiger partial charge is 0.496 e. The van der Waals surface area contributed by atoms with Gasteiger partial charge in [0.1, 0.15) is 5.75 Å². The lowest BCUT2D eigenvalue weighted by Crippen LogP contribution is -2.20. The van der Waals surface area contributed by atoms with Gasteiger partial charge < -0.3 is 9.47 Å². The van der Waals surface area contributed by atoms with E-state index in [2.05, 4.69) is 6.07 Å². The molecule has 1 heterocycles. The minimum atomic E-state index is -0.0877. The normalized spacial score (nSPS) is 20.4. The van der Waals surface area contributed by atoms with E-state index in [-0.39, 0.29) is 5.97 Å². The van der Waals surface area contributed by atoms with Crippen LogP contribution in [-0.4, -0.2) is 19.7 Å². The first-order valence-corrected chi connectivity index (χ1v) is 5.51. The zero-order valence-corrected chi connectivity index (χ0v) is 9.66. The summed E-state index contributed by atoms with van der Waals surface area (Å²) >= 11 is 0. The molecule has 0 spiro atoms. The molecule has 1 aliphatic rings. The molecular formula is C13H16O3. The first-order chi connectivity index (χ1) is 7.70. The Morgan fingerprint density at radius 3 is 2.88 bits per heavy atom. The fraction of sp³-hybridized carbons (Fsp3) is 0.462. The maximum Gasteiger partial charge on any atom is 0.305 e. The third-order valence-corrected chi connectivity index (χ3v) is 3.05. The van der Waals surface area contributed by atoms with Crippen LogP contribution >= 0.6 is 0 Å². The predicted octanol–water partition coefficient (Wildman–Crippen LogP) is 2.42. The van der Waals surface area contributed by atoms with Crippen LogP contribution in [0.4, 0.5) is 0 Å². The van der Waals surface area contributed by atoms with E-state index in [4.69, 9.17) is 9.47 Å². The van der Waals surface area contributed by atoms with E-state index in [0.717, 1.165) is 17.7 Å². The number of esters is 1. The van der Waals surface area contributed by atoms with Gasteiger partial charge in [-0.2, -0.15) is 0 Å². The van der Waals surface area contributed by atoms with Gasteiger partial charge in [0.2, 0.25) is 0 Å². The lowest BCUT2D eigenvalue weighted by molar-refractivity contribution is -0.147. The standard InChI is InChI=1S/C13H16O3/c1-9-3-4-10(7-12(9)15-2)11-5-6-13(14)16-8-11/h3-4,7,11H,5-6,8H2,1-2H3/t11-/m1/s1. The summed E-state index contributed by atoms with van der Waals surface area (Å²) in [7, 11) is 1.67. The Hall–Kier alpha value is -1.51. The van der Waals surface area contributed by atoms with Gasteiger partial charge in [-0.05, 0) is 30.5 Å². The molecule has 86 valence electrons. The van der Waals surface area contributed by atoms with Gasteiger partial charge in [0.15, 0.2) is 0 Å². The number of hydrogen-bond donors (Lipinski definition) is 0. The molecule has 1 aromatic rings. The SMILES string of the molecule is COc1cc([C@@H]2CCC(=O)OC2)ccc1C. The number of aryl methyl sites for hydroxylation is 1. The van der Waals surface area contributed by atoms with Crippen molar-refractivity contribution in [2.24, 2.45) is 0 Å². The van der Waals surface area contributed by atoms with Crippen molar-refractivity contribution in [3.63, 3.8) is 0 Å². The molecule has 0 aromatic heterocycles. The monoisotopic (exact) mass is 220 g/mol. The molecule has 0 N–H and O–H groups in total. The molecule has 1 aromatic carbocycles. The van der Waals surface area contributed by atoms with Crippen molar-refractivity contribution in [1.29, 1.82) is 0 Å². The minimum Gasteiger partial charge on any atom is -0.496 e. The van der Waals surface area contributed by atoms with E-state index in [9.17, 15) is 4.79 Å². The Morgan fingerprint density at radius 2 is 2.25 bits per heavy atom. The number of ether oxygens (including phenoxy) is 2. The Labute approximate surface area is 95.4 Å². The molecular weight excluding hydrogens is 204 g/mol. The summed E-state index contributed by atoms with van der Waals surface area (Å²) < 4.78 is 10.4. The van der Waals surface area contributed by atoms with Gasteiger partial charge in [-0.25, -0.2) is 0 Å². The molecule has 1 atom stereocenters. The zero-order chi connectivity index (χ0) is 11.5. The number of cyclic esters (lactones) is 1. The van der Waals surface area contributed by atoms with Gasteiger partial charge in [-0.1, -0.05) is 12.1 Å². The Balaban J connectivity index is 2.17. The fourth-order valence-electron chi connectivity index (χ4n) is 1.99. The highest BCUT2D eigenvalue weighted by atomic mass is 16.5. The van der Waals surface area contributed by atoms with Gasteiger partial charge >= 0.3 is 5.97 Å². The van der Waals surface area contributed by atoms with Gasteiger partial charge in [0, 0.05) is 12.3 Å². The van der Waals surface area contributed by atoms with Crippen LogP contribution in [0.5, 0.6) is 5.75 Å². The average molecular weight is 220 g/mol. The number of hydrogen-bond acceptors (Lipinski definition) is 3. The maximum atomic E-state index is 11.0. The number of rotatable bonds is 2. The smallest absolute Gasteiger partial charge is 0.305 e. The molecule has 1 fully saturated rings. The molecule has 1 saturated heterocycles. The highest BCUT2D eigenvalue weighted by Gasteiger charge is 2.21. The van der Waals surface area contributed by atoms with E-state index in [1.54, 1.807) is 7.11 Å². The molecule has 0 amide bonds. The van der Waals surface area contributed by atoms with E-state index in [1.807, 2.05) is 19.1 Å². The van der Waals surface area contributed by atoms with E-state index < -0.39 is 0 Å². The summed E-state index contributed by atoms with van der Waals surface area (Å²) in [5.74, 6) is 1.12. The molecule has 3 nitrogen and oxygen atoms in total. The zero-order valence-electron chi connectivity index (χ0n) is 9.66. The number of methoxy groups -OCH3 is 1. The molecule has 0 aliphatic carbocycles. The molecule has 2 rings (SSSR count). The van der Waals surface area contributed by atoms with Crippen LogP contribution in [-0.2, 0) is 9.53 Å². The molecule has 1 aliphatic heterocycles. The summed E-state index contributed by atoms with van der Waals surface area (Å²) in [6.45, 7) is 2.51. The lowest BCUT2D eigenvalue weighted by atomic mass is 9.92. The highest BCUT2D eigenvalue weighted by molar-refractivity contribution is 5.70. The molecule has 0 unspecified atom stereocenters. The van der Waals surface area contributed by atoms with Crippen molar-refractivity contribution in [2.45, 2.75) is 25.7 Å². The van der Waals surface area contributed by atoms with Crippen molar-refractivity contribution in [1.82, 2.24) is 0 Å². The van der Waals surface area contributed by atoms with E-state index in [0.29, 0.717) is 18.9 Å². The second kappa shape index (κ2) is 4.56. The quantitative estimate of drug-likeness (QED) is 0.718.